The number of benzene rings is 2. The van der Waals surface area contributed by atoms with Crippen LogP contribution in [0.25, 0.3) is 15.3 Å². The van der Waals surface area contributed by atoms with E-state index in [9.17, 15) is 13.2 Å². The Morgan fingerprint density at radius 3 is 2.54 bits per heavy atom. The maximum Gasteiger partial charge on any atom is 0.243 e. The molecule has 3 heterocycles. The Kier molecular flexibility index (Phi) is 5.98. The second-order valence-corrected chi connectivity index (χ2v) is 12.0. The molecule has 1 aliphatic rings. The van der Waals surface area contributed by atoms with Crippen LogP contribution in [0.5, 0.6) is 0 Å². The zero-order valence-corrected chi connectivity index (χ0v) is 21.7. The molecule has 0 aliphatic carbocycles. The number of aromatic nitrogens is 3. The molecule has 35 heavy (non-hydrogen) atoms. The highest BCUT2D eigenvalue weighted by Crippen LogP contribution is 2.31. The van der Waals surface area contributed by atoms with E-state index in [-0.39, 0.29) is 10.8 Å². The third-order valence-corrected chi connectivity index (χ3v) is 9.12. The van der Waals surface area contributed by atoms with Crippen LogP contribution in [-0.4, -0.2) is 46.0 Å². The number of aryl methyl sites for hydroxylation is 4. The van der Waals surface area contributed by atoms with Crippen LogP contribution in [0.15, 0.2) is 47.4 Å². The first-order valence-corrected chi connectivity index (χ1v) is 13.7. The molecule has 0 spiro atoms. The van der Waals surface area contributed by atoms with E-state index in [4.69, 9.17) is 4.98 Å². The van der Waals surface area contributed by atoms with Gasteiger partial charge in [-0.3, -0.25) is 4.79 Å². The van der Waals surface area contributed by atoms with Crippen LogP contribution in [0, 0.1) is 27.7 Å². The molecule has 0 bridgehead atoms. The van der Waals surface area contributed by atoms with Crippen LogP contribution in [0.4, 0.5) is 5.82 Å². The number of amides is 1. The Morgan fingerprint density at radius 2 is 1.80 bits per heavy atom. The predicted molar refractivity (Wildman–Crippen MR) is 138 cm³/mol. The molecule has 10 heteroatoms. The maximum atomic E-state index is 13.3. The standard InChI is InChI=1S/C25H27N5O3S2/c1-15-7-9-19(10-8-15)35(32,33)29-11-5-6-20(29)24(31)26-22-14-18(4)28-30(22)25-27-23-17(3)12-16(2)13-21(23)34-25/h7-10,12-14,20H,5-6,11H2,1-4H3,(H,26,31). The van der Waals surface area contributed by atoms with Crippen molar-refractivity contribution in [2.24, 2.45) is 0 Å². The van der Waals surface area contributed by atoms with Crippen molar-refractivity contribution in [2.45, 2.75) is 51.5 Å². The molecule has 1 saturated heterocycles. The Balaban J connectivity index is 1.44. The lowest BCUT2D eigenvalue weighted by atomic mass is 10.1. The lowest BCUT2D eigenvalue weighted by molar-refractivity contribution is -0.119. The van der Waals surface area contributed by atoms with Crippen LogP contribution < -0.4 is 5.32 Å². The van der Waals surface area contributed by atoms with Crippen LogP contribution in [-0.2, 0) is 14.8 Å². The molecule has 1 N–H and O–H groups in total. The summed E-state index contributed by atoms with van der Waals surface area (Å²) in [4.78, 5) is 18.3. The number of hydrogen-bond acceptors (Lipinski definition) is 6. The van der Waals surface area contributed by atoms with Gasteiger partial charge in [0.1, 0.15) is 11.9 Å². The van der Waals surface area contributed by atoms with Crippen LogP contribution in [0.3, 0.4) is 0 Å². The monoisotopic (exact) mass is 509 g/mol. The van der Waals surface area contributed by atoms with E-state index in [2.05, 4.69) is 22.5 Å². The molecule has 1 atom stereocenters. The van der Waals surface area contributed by atoms with Crippen molar-refractivity contribution in [2.75, 3.05) is 11.9 Å². The number of nitrogens with zero attached hydrogens (tertiary/aromatic N) is 4. The van der Waals surface area contributed by atoms with E-state index in [1.807, 2.05) is 27.7 Å². The van der Waals surface area contributed by atoms with Crippen LogP contribution in [0.2, 0.25) is 0 Å². The fourth-order valence-electron chi connectivity index (χ4n) is 4.53. The summed E-state index contributed by atoms with van der Waals surface area (Å²) in [5.41, 5.74) is 4.85. The highest BCUT2D eigenvalue weighted by Gasteiger charge is 2.39. The van der Waals surface area contributed by atoms with Crippen molar-refractivity contribution in [3.8, 4) is 5.13 Å². The van der Waals surface area contributed by atoms with Gasteiger partial charge < -0.3 is 5.32 Å². The normalized spacial score (nSPS) is 16.7. The van der Waals surface area contributed by atoms with Crippen molar-refractivity contribution in [1.29, 1.82) is 0 Å². The zero-order chi connectivity index (χ0) is 24.9. The van der Waals surface area contributed by atoms with Crippen molar-refractivity contribution in [3.63, 3.8) is 0 Å². The number of rotatable bonds is 5. The second kappa shape index (κ2) is 8.85. The summed E-state index contributed by atoms with van der Waals surface area (Å²) in [5, 5.41) is 8.12. The molecule has 8 nitrogen and oxygen atoms in total. The van der Waals surface area contributed by atoms with Gasteiger partial charge >= 0.3 is 0 Å². The van der Waals surface area contributed by atoms with Gasteiger partial charge in [0.2, 0.25) is 21.1 Å². The van der Waals surface area contributed by atoms with Crippen LogP contribution in [0.1, 0.15) is 35.2 Å². The van der Waals surface area contributed by atoms with Crippen molar-refractivity contribution in [1.82, 2.24) is 19.1 Å². The van der Waals surface area contributed by atoms with E-state index >= 15 is 0 Å². The molecule has 4 aromatic rings. The largest absolute Gasteiger partial charge is 0.309 e. The molecule has 1 unspecified atom stereocenters. The first-order valence-electron chi connectivity index (χ1n) is 11.5. The quantitative estimate of drug-likeness (QED) is 0.427. The summed E-state index contributed by atoms with van der Waals surface area (Å²) in [5.74, 6) is 0.105. The zero-order valence-electron chi connectivity index (χ0n) is 20.1. The number of sulfonamides is 1. The van der Waals surface area contributed by atoms with E-state index in [1.54, 1.807) is 35.0 Å². The van der Waals surface area contributed by atoms with Gasteiger partial charge in [-0.1, -0.05) is 35.1 Å². The third kappa shape index (κ3) is 4.37. The SMILES string of the molecule is Cc1ccc(S(=O)(=O)N2CCCC2C(=O)Nc2cc(C)nn2-c2nc3c(C)cc(C)cc3s2)cc1. The summed E-state index contributed by atoms with van der Waals surface area (Å²) < 4.78 is 30.6. The van der Waals surface area contributed by atoms with Gasteiger partial charge in [-0.2, -0.15) is 14.1 Å². The summed E-state index contributed by atoms with van der Waals surface area (Å²) in [6, 6.07) is 11.9. The highest BCUT2D eigenvalue weighted by molar-refractivity contribution is 7.89. The van der Waals surface area contributed by atoms with Crippen molar-refractivity contribution in [3.05, 3.63) is 64.8 Å². The van der Waals surface area contributed by atoms with Gasteiger partial charge in [0.05, 0.1) is 20.8 Å². The fraction of sp³-hybridized carbons (Fsp3) is 0.320. The predicted octanol–water partition coefficient (Wildman–Crippen LogP) is 4.51. The number of fused-ring (bicyclic) bond motifs is 1. The third-order valence-electron chi connectivity index (χ3n) is 6.22. The van der Waals surface area contributed by atoms with E-state index in [0.717, 1.165) is 32.6 Å². The van der Waals surface area contributed by atoms with Gasteiger partial charge in [0.15, 0.2) is 0 Å². The van der Waals surface area contributed by atoms with Gasteiger partial charge in [-0.15, -0.1) is 0 Å². The number of nitrogens with one attached hydrogen (secondary N) is 1. The molecule has 1 fully saturated rings. The minimum Gasteiger partial charge on any atom is -0.309 e. The summed E-state index contributed by atoms with van der Waals surface area (Å²) in [6.45, 7) is 8.13. The number of carbonyl (C=O) groups is 1. The lowest BCUT2D eigenvalue weighted by Gasteiger charge is -2.23. The Morgan fingerprint density at radius 1 is 1.06 bits per heavy atom. The molecule has 2 aromatic heterocycles. The summed E-state index contributed by atoms with van der Waals surface area (Å²) >= 11 is 1.50. The van der Waals surface area contributed by atoms with Crippen molar-refractivity contribution < 1.29 is 13.2 Å². The average Bonchev–Trinajstić information content (AvgIpc) is 3.52. The van der Waals surface area contributed by atoms with E-state index in [0.29, 0.717) is 30.3 Å². The summed E-state index contributed by atoms with van der Waals surface area (Å²) in [7, 11) is -3.79. The van der Waals surface area contributed by atoms with E-state index < -0.39 is 16.1 Å². The first-order chi connectivity index (χ1) is 16.6. The molecule has 0 saturated carbocycles. The lowest BCUT2D eigenvalue weighted by Crippen LogP contribution is -2.43. The fourth-order valence-corrected chi connectivity index (χ4v) is 7.29. The molecule has 1 aliphatic heterocycles. The molecular weight excluding hydrogens is 482 g/mol. The summed E-state index contributed by atoms with van der Waals surface area (Å²) in [6.07, 6.45) is 1.08. The molecule has 182 valence electrons. The van der Waals surface area contributed by atoms with E-state index in [1.165, 1.54) is 15.6 Å². The Bertz CT molecular complexity index is 1540. The second-order valence-electron chi connectivity index (χ2n) is 9.08. The van der Waals surface area contributed by atoms with Crippen LogP contribution >= 0.6 is 11.3 Å². The number of thiazole rings is 1. The Labute approximate surface area is 208 Å². The smallest absolute Gasteiger partial charge is 0.243 e. The molecule has 5 rings (SSSR count). The van der Waals surface area contributed by atoms with Gasteiger partial charge in [0, 0.05) is 12.6 Å². The minimum absolute atomic E-state index is 0.198. The molecule has 0 radical (unpaired) electrons. The first kappa shape index (κ1) is 23.7. The minimum atomic E-state index is -3.79. The topological polar surface area (TPSA) is 97.2 Å². The van der Waals surface area contributed by atoms with Gasteiger partial charge in [-0.05, 0) is 69.9 Å². The number of carbonyl (C=O) groups excluding carboxylic acids is 1. The average molecular weight is 510 g/mol. The van der Waals surface area contributed by atoms with Crippen molar-refractivity contribution >= 4 is 43.3 Å². The molecule has 1 amide bonds. The number of anilines is 1. The number of hydrogen-bond donors (Lipinski definition) is 1. The Hall–Kier alpha value is -3.08. The van der Waals surface area contributed by atoms with Gasteiger partial charge in [-0.25, -0.2) is 13.4 Å². The highest BCUT2D eigenvalue weighted by atomic mass is 32.2. The molecule has 2 aromatic carbocycles. The maximum absolute atomic E-state index is 13.3. The van der Waals surface area contributed by atoms with Gasteiger partial charge in [0.25, 0.3) is 0 Å². The molecular formula is C25H27N5O3S2.